The Morgan fingerprint density at radius 3 is 2.59 bits per heavy atom. The molecule has 150 valence electrons. The van der Waals surface area contributed by atoms with Crippen LogP contribution in [0, 0.1) is 6.92 Å². The maximum atomic E-state index is 12.4. The van der Waals surface area contributed by atoms with E-state index in [2.05, 4.69) is 25.7 Å². The number of hydrogen-bond donors (Lipinski definition) is 2. The van der Waals surface area contributed by atoms with Crippen LogP contribution >= 0.6 is 11.3 Å². The van der Waals surface area contributed by atoms with Crippen molar-refractivity contribution in [3.05, 3.63) is 58.1 Å². The molecule has 0 radical (unpaired) electrons. The summed E-state index contributed by atoms with van der Waals surface area (Å²) in [6.07, 6.45) is 8.31. The molecule has 3 aromatic heterocycles. The second-order valence-electron chi connectivity index (χ2n) is 7.12. The molecule has 29 heavy (non-hydrogen) atoms. The first kappa shape index (κ1) is 19.3. The maximum Gasteiger partial charge on any atom is 0.321 e. The third-order valence-electron chi connectivity index (χ3n) is 5.02. The van der Waals surface area contributed by atoms with Gasteiger partial charge in [-0.05, 0) is 50.8 Å². The van der Waals surface area contributed by atoms with E-state index < -0.39 is 0 Å². The van der Waals surface area contributed by atoms with Gasteiger partial charge in [-0.3, -0.25) is 15.1 Å². The quantitative estimate of drug-likeness (QED) is 0.687. The Kier molecular flexibility index (Phi) is 5.66. The Balaban J connectivity index is 1.37. The number of aryl methyl sites for hydroxylation is 1. The summed E-state index contributed by atoms with van der Waals surface area (Å²) in [4.78, 5) is 33.7. The first-order valence-corrected chi connectivity index (χ1v) is 10.4. The van der Waals surface area contributed by atoms with Gasteiger partial charge < -0.3 is 5.32 Å². The summed E-state index contributed by atoms with van der Waals surface area (Å²) in [5, 5.41) is 10.9. The fraction of sp³-hybridized carbons (Fsp3) is 0.350. The molecule has 0 atom stereocenters. The van der Waals surface area contributed by atoms with Crippen molar-refractivity contribution < 1.29 is 4.79 Å². The van der Waals surface area contributed by atoms with E-state index in [4.69, 9.17) is 0 Å². The number of nitrogens with one attached hydrogen (secondary N) is 2. The molecule has 0 unspecified atom stereocenters. The van der Waals surface area contributed by atoms with Crippen LogP contribution in [0.2, 0.25) is 0 Å². The molecule has 8 nitrogen and oxygen atoms in total. The van der Waals surface area contributed by atoms with Gasteiger partial charge in [-0.1, -0.05) is 0 Å². The molecule has 1 aliphatic carbocycles. The molecule has 9 heteroatoms. The Morgan fingerprint density at radius 1 is 1.14 bits per heavy atom. The molecule has 0 aliphatic heterocycles. The van der Waals surface area contributed by atoms with Gasteiger partial charge in [0.1, 0.15) is 0 Å². The summed E-state index contributed by atoms with van der Waals surface area (Å²) < 4.78 is 1.59. The Labute approximate surface area is 172 Å². The van der Waals surface area contributed by atoms with Gasteiger partial charge in [0.05, 0.1) is 11.7 Å². The summed E-state index contributed by atoms with van der Waals surface area (Å²) in [5.74, 6) is 0. The van der Waals surface area contributed by atoms with Crippen molar-refractivity contribution in [3.8, 4) is 11.3 Å². The zero-order chi connectivity index (χ0) is 20.2. The fourth-order valence-electron chi connectivity index (χ4n) is 3.56. The van der Waals surface area contributed by atoms with Crippen molar-refractivity contribution in [3.63, 3.8) is 0 Å². The van der Waals surface area contributed by atoms with E-state index in [1.807, 2.05) is 19.1 Å². The molecule has 1 aliphatic rings. The van der Waals surface area contributed by atoms with Crippen LogP contribution in [0.3, 0.4) is 0 Å². The van der Waals surface area contributed by atoms with Crippen LogP contribution in [0.25, 0.3) is 11.3 Å². The first-order chi connectivity index (χ1) is 14.1. The monoisotopic (exact) mass is 410 g/mol. The van der Waals surface area contributed by atoms with Gasteiger partial charge in [0.25, 0.3) is 5.56 Å². The van der Waals surface area contributed by atoms with Crippen molar-refractivity contribution in [1.29, 1.82) is 0 Å². The molecule has 1 saturated carbocycles. The highest BCUT2D eigenvalue weighted by Gasteiger charge is 2.25. The van der Waals surface area contributed by atoms with Crippen molar-refractivity contribution >= 4 is 22.5 Å². The van der Waals surface area contributed by atoms with E-state index in [-0.39, 0.29) is 23.7 Å². The predicted molar refractivity (Wildman–Crippen MR) is 112 cm³/mol. The average Bonchev–Trinajstić information content (AvgIpc) is 3.14. The Morgan fingerprint density at radius 2 is 1.90 bits per heavy atom. The van der Waals surface area contributed by atoms with Gasteiger partial charge in [0.15, 0.2) is 5.13 Å². The zero-order valence-electron chi connectivity index (χ0n) is 16.0. The molecule has 3 aromatic rings. The first-order valence-electron chi connectivity index (χ1n) is 9.59. The number of urea groups is 1. The van der Waals surface area contributed by atoms with Crippen LogP contribution in [0.4, 0.5) is 9.93 Å². The minimum absolute atomic E-state index is 0.0343. The predicted octanol–water partition coefficient (Wildman–Crippen LogP) is 3.38. The van der Waals surface area contributed by atoms with E-state index in [1.54, 1.807) is 35.4 Å². The molecule has 3 heterocycles. The number of nitrogens with zero attached hydrogens (tertiary/aromatic N) is 4. The molecule has 0 spiro atoms. The molecular formula is C20H22N6O2S. The second-order valence-corrected chi connectivity index (χ2v) is 8.35. The van der Waals surface area contributed by atoms with Gasteiger partial charge in [-0.15, -0.1) is 11.3 Å². The van der Waals surface area contributed by atoms with Crippen molar-refractivity contribution in [2.24, 2.45) is 0 Å². The van der Waals surface area contributed by atoms with Crippen molar-refractivity contribution in [1.82, 2.24) is 25.1 Å². The van der Waals surface area contributed by atoms with E-state index >= 15 is 0 Å². The molecular weight excluding hydrogens is 388 g/mol. The number of hydrogen-bond acceptors (Lipinski definition) is 6. The number of carbonyl (C=O) groups is 1. The number of carbonyl (C=O) groups excluding carboxylic acids is 1. The minimum atomic E-state index is -0.238. The largest absolute Gasteiger partial charge is 0.335 e. The van der Waals surface area contributed by atoms with Gasteiger partial charge in [0, 0.05) is 41.1 Å². The highest BCUT2D eigenvalue weighted by atomic mass is 32.1. The van der Waals surface area contributed by atoms with Crippen LogP contribution in [-0.4, -0.2) is 31.8 Å². The minimum Gasteiger partial charge on any atom is -0.335 e. The molecule has 2 amide bonds. The molecule has 1 fully saturated rings. The lowest BCUT2D eigenvalue weighted by Gasteiger charge is -2.29. The molecule has 4 rings (SSSR count). The van der Waals surface area contributed by atoms with E-state index in [9.17, 15) is 9.59 Å². The molecule has 0 saturated heterocycles. The molecule has 2 N–H and O–H groups in total. The van der Waals surface area contributed by atoms with E-state index in [0.29, 0.717) is 5.13 Å². The standard InChI is InChI=1S/C20H22N6O2S/c1-13-12-22-20(29-13)24-19(28)23-15-2-4-16(5-3-15)26-18(27)7-6-17(25-26)14-8-10-21-11-9-14/h6-12,15-16H,2-5H2,1H3,(H2,22,23,24,28). The van der Waals surface area contributed by atoms with E-state index in [0.717, 1.165) is 41.8 Å². The highest BCUT2D eigenvalue weighted by molar-refractivity contribution is 7.15. The number of aromatic nitrogens is 4. The summed E-state index contributed by atoms with van der Waals surface area (Å²) in [7, 11) is 0. The number of anilines is 1. The number of pyridine rings is 1. The molecule has 0 aromatic carbocycles. The number of rotatable bonds is 4. The zero-order valence-corrected chi connectivity index (χ0v) is 16.9. The normalized spacial score (nSPS) is 18.9. The Bertz CT molecular complexity index is 1040. The van der Waals surface area contributed by atoms with E-state index in [1.165, 1.54) is 11.3 Å². The van der Waals surface area contributed by atoms with Crippen molar-refractivity contribution in [2.75, 3.05) is 5.32 Å². The lowest BCUT2D eigenvalue weighted by atomic mass is 9.91. The lowest BCUT2D eigenvalue weighted by molar-refractivity contribution is 0.234. The Hall–Kier alpha value is -3.07. The third kappa shape index (κ3) is 4.68. The SMILES string of the molecule is Cc1cnc(NC(=O)NC2CCC(n3nc(-c4ccncc4)ccc3=O)CC2)s1. The van der Waals surface area contributed by atoms with Crippen molar-refractivity contribution in [2.45, 2.75) is 44.7 Å². The lowest BCUT2D eigenvalue weighted by Crippen LogP contribution is -2.41. The van der Waals surface area contributed by atoms with Gasteiger partial charge in [0.2, 0.25) is 0 Å². The highest BCUT2D eigenvalue weighted by Crippen LogP contribution is 2.28. The van der Waals surface area contributed by atoms with Crippen LogP contribution in [0.5, 0.6) is 0 Å². The van der Waals surface area contributed by atoms with Gasteiger partial charge in [-0.2, -0.15) is 5.10 Å². The maximum absolute atomic E-state index is 12.4. The van der Waals surface area contributed by atoms with Crippen LogP contribution in [-0.2, 0) is 0 Å². The summed E-state index contributed by atoms with van der Waals surface area (Å²) >= 11 is 1.44. The average molecular weight is 411 g/mol. The smallest absolute Gasteiger partial charge is 0.321 e. The van der Waals surface area contributed by atoms with Crippen LogP contribution in [0.15, 0.2) is 47.7 Å². The fourth-order valence-corrected chi connectivity index (χ4v) is 4.22. The van der Waals surface area contributed by atoms with Crippen LogP contribution < -0.4 is 16.2 Å². The van der Waals surface area contributed by atoms with Gasteiger partial charge in [-0.25, -0.2) is 14.5 Å². The topological polar surface area (TPSA) is 102 Å². The third-order valence-corrected chi connectivity index (χ3v) is 5.85. The number of amides is 2. The molecule has 0 bridgehead atoms. The van der Waals surface area contributed by atoms with Crippen LogP contribution in [0.1, 0.15) is 36.6 Å². The summed E-state index contributed by atoms with van der Waals surface area (Å²) in [5.41, 5.74) is 1.58. The summed E-state index contributed by atoms with van der Waals surface area (Å²) in [6.45, 7) is 1.95. The van der Waals surface area contributed by atoms with Gasteiger partial charge >= 0.3 is 6.03 Å². The number of thiazole rings is 1. The summed E-state index contributed by atoms with van der Waals surface area (Å²) in [6, 6.07) is 6.93. The second kappa shape index (κ2) is 8.52.